The molecule has 0 rings (SSSR count). The average molecular weight is 367 g/mol. The monoisotopic (exact) mass is 367 g/mol. The van der Waals surface area contributed by atoms with Crippen molar-refractivity contribution in [1.82, 2.24) is 5.32 Å². The number of hydrogen-bond donors (Lipinski definition) is 1. The van der Waals surface area contributed by atoms with Gasteiger partial charge in [0.2, 0.25) is 0 Å². The maximum atomic E-state index is 5.40. The second-order valence-corrected chi connectivity index (χ2v) is 4.97. The van der Waals surface area contributed by atoms with Crippen molar-refractivity contribution in [2.75, 3.05) is 106 Å². The highest BCUT2D eigenvalue weighted by Gasteiger charge is 1.94. The lowest BCUT2D eigenvalue weighted by molar-refractivity contribution is -0.0200. The number of likely N-dealkylation sites (N-methyl/N-ethyl adjacent to an activating group) is 1. The molecule has 25 heavy (non-hydrogen) atoms. The molecule has 0 fully saturated rings. The second-order valence-electron chi connectivity index (χ2n) is 4.97. The molecular weight excluding hydrogens is 330 g/mol. The third-order valence-corrected chi connectivity index (χ3v) is 2.93. The summed E-state index contributed by atoms with van der Waals surface area (Å²) in [6.45, 7) is 11.2. The topological polar surface area (TPSA) is 76.6 Å². The molecule has 1 N–H and O–H groups in total. The summed E-state index contributed by atoms with van der Waals surface area (Å²) in [5.41, 5.74) is 0. The van der Waals surface area contributed by atoms with E-state index in [1.807, 2.05) is 14.0 Å². The Labute approximate surface area is 152 Å². The van der Waals surface area contributed by atoms with E-state index in [-0.39, 0.29) is 0 Å². The van der Waals surface area contributed by atoms with Crippen molar-refractivity contribution in [3.63, 3.8) is 0 Å². The van der Waals surface area contributed by atoms with E-state index < -0.39 is 0 Å². The molecular formula is C17H37NO7. The number of nitrogens with one attached hydrogen (secondary N) is 1. The summed E-state index contributed by atoms with van der Waals surface area (Å²) in [6, 6.07) is 0. The quantitative estimate of drug-likeness (QED) is 0.275. The largest absolute Gasteiger partial charge is 0.379 e. The summed E-state index contributed by atoms with van der Waals surface area (Å²) >= 11 is 0. The predicted octanol–water partition coefficient (Wildman–Crippen LogP) is 0.342. The minimum atomic E-state index is 0.557. The zero-order valence-corrected chi connectivity index (χ0v) is 16.0. The van der Waals surface area contributed by atoms with Crippen molar-refractivity contribution in [1.29, 1.82) is 0 Å². The van der Waals surface area contributed by atoms with E-state index >= 15 is 0 Å². The summed E-state index contributed by atoms with van der Waals surface area (Å²) in [5.74, 6) is 0. The lowest BCUT2D eigenvalue weighted by atomic mass is 10.6. The molecule has 0 amide bonds. The predicted molar refractivity (Wildman–Crippen MR) is 95.3 cm³/mol. The molecule has 8 heteroatoms. The van der Waals surface area contributed by atoms with Gasteiger partial charge < -0.3 is 38.5 Å². The fourth-order valence-electron chi connectivity index (χ4n) is 1.64. The van der Waals surface area contributed by atoms with Crippen molar-refractivity contribution >= 4 is 0 Å². The average Bonchev–Trinajstić information content (AvgIpc) is 2.63. The smallest absolute Gasteiger partial charge is 0.0701 e. The van der Waals surface area contributed by atoms with Crippen LogP contribution in [0.3, 0.4) is 0 Å². The van der Waals surface area contributed by atoms with Crippen LogP contribution in [0.25, 0.3) is 0 Å². The van der Waals surface area contributed by atoms with Gasteiger partial charge in [-0.3, -0.25) is 0 Å². The Kier molecular flexibility index (Phi) is 23.4. The highest BCUT2D eigenvalue weighted by molar-refractivity contribution is 4.38. The first-order chi connectivity index (χ1) is 12.4. The molecule has 0 aromatic carbocycles. The Balaban J connectivity index is 2.94. The van der Waals surface area contributed by atoms with E-state index in [9.17, 15) is 0 Å². The van der Waals surface area contributed by atoms with Gasteiger partial charge in [-0.1, -0.05) is 0 Å². The molecule has 0 aromatic rings. The van der Waals surface area contributed by atoms with Crippen LogP contribution in [0.5, 0.6) is 0 Å². The Hall–Kier alpha value is -0.320. The standard InChI is InChI=1S/C17H37NO7/c1-3-19-6-7-21-10-11-23-14-15-25-17-16-24-13-12-22-9-8-20-5-4-18-2/h18H,3-17H2,1-2H3. The van der Waals surface area contributed by atoms with Crippen LogP contribution < -0.4 is 5.32 Å². The van der Waals surface area contributed by atoms with Crippen LogP contribution in [-0.2, 0) is 33.2 Å². The van der Waals surface area contributed by atoms with Gasteiger partial charge in [0.15, 0.2) is 0 Å². The molecule has 0 saturated heterocycles. The van der Waals surface area contributed by atoms with Crippen LogP contribution in [0.15, 0.2) is 0 Å². The van der Waals surface area contributed by atoms with Gasteiger partial charge >= 0.3 is 0 Å². The van der Waals surface area contributed by atoms with Crippen molar-refractivity contribution in [3.05, 3.63) is 0 Å². The van der Waals surface area contributed by atoms with Crippen LogP contribution in [0, 0.1) is 0 Å². The van der Waals surface area contributed by atoms with Crippen LogP contribution in [0.4, 0.5) is 0 Å². The van der Waals surface area contributed by atoms with Gasteiger partial charge in [0.05, 0.1) is 85.9 Å². The molecule has 0 saturated carbocycles. The summed E-state index contributed by atoms with van der Waals surface area (Å²) in [7, 11) is 1.90. The van der Waals surface area contributed by atoms with E-state index in [1.165, 1.54) is 0 Å². The molecule has 0 aliphatic rings. The highest BCUT2D eigenvalue weighted by Crippen LogP contribution is 1.85. The molecule has 0 radical (unpaired) electrons. The summed E-state index contributed by atoms with van der Waals surface area (Å²) in [4.78, 5) is 0. The van der Waals surface area contributed by atoms with Crippen molar-refractivity contribution in [3.8, 4) is 0 Å². The highest BCUT2D eigenvalue weighted by atomic mass is 16.6. The van der Waals surface area contributed by atoms with Gasteiger partial charge in [-0.2, -0.15) is 0 Å². The van der Waals surface area contributed by atoms with Gasteiger partial charge in [-0.15, -0.1) is 0 Å². The number of hydrogen-bond acceptors (Lipinski definition) is 8. The Morgan fingerprint density at radius 1 is 0.440 bits per heavy atom. The van der Waals surface area contributed by atoms with E-state index in [0.29, 0.717) is 85.9 Å². The fourth-order valence-corrected chi connectivity index (χ4v) is 1.64. The molecule has 0 aliphatic heterocycles. The van der Waals surface area contributed by atoms with Crippen LogP contribution in [0.1, 0.15) is 6.92 Å². The van der Waals surface area contributed by atoms with Crippen molar-refractivity contribution < 1.29 is 33.2 Å². The van der Waals surface area contributed by atoms with Crippen molar-refractivity contribution in [2.45, 2.75) is 6.92 Å². The molecule has 0 unspecified atom stereocenters. The Bertz CT molecular complexity index is 213. The van der Waals surface area contributed by atoms with Gasteiger partial charge in [0.1, 0.15) is 0 Å². The summed E-state index contributed by atoms with van der Waals surface area (Å²) < 4.78 is 37.4. The fraction of sp³-hybridized carbons (Fsp3) is 1.00. The normalized spacial score (nSPS) is 11.3. The first-order valence-electron chi connectivity index (χ1n) is 9.10. The Morgan fingerprint density at radius 3 is 1.00 bits per heavy atom. The van der Waals surface area contributed by atoms with E-state index in [4.69, 9.17) is 33.2 Å². The zero-order chi connectivity index (χ0) is 18.3. The van der Waals surface area contributed by atoms with E-state index in [0.717, 1.165) is 13.2 Å². The molecule has 0 bridgehead atoms. The van der Waals surface area contributed by atoms with E-state index in [1.54, 1.807) is 0 Å². The first-order valence-corrected chi connectivity index (χ1v) is 9.10. The summed E-state index contributed by atoms with van der Waals surface area (Å²) in [6.07, 6.45) is 0. The van der Waals surface area contributed by atoms with Crippen LogP contribution in [-0.4, -0.2) is 106 Å². The third-order valence-electron chi connectivity index (χ3n) is 2.93. The van der Waals surface area contributed by atoms with Gasteiger partial charge in [0, 0.05) is 13.2 Å². The third kappa shape index (κ3) is 23.7. The second kappa shape index (κ2) is 23.7. The molecule has 0 aliphatic carbocycles. The molecule has 0 atom stereocenters. The lowest BCUT2D eigenvalue weighted by Crippen LogP contribution is -2.17. The number of rotatable bonds is 22. The Morgan fingerprint density at radius 2 is 0.720 bits per heavy atom. The van der Waals surface area contributed by atoms with E-state index in [2.05, 4.69) is 5.32 Å². The van der Waals surface area contributed by atoms with Crippen LogP contribution in [0.2, 0.25) is 0 Å². The maximum absolute atomic E-state index is 5.40. The van der Waals surface area contributed by atoms with Gasteiger partial charge in [-0.25, -0.2) is 0 Å². The van der Waals surface area contributed by atoms with Gasteiger partial charge in [0.25, 0.3) is 0 Å². The lowest BCUT2D eigenvalue weighted by Gasteiger charge is -2.08. The molecule has 8 nitrogen and oxygen atoms in total. The summed E-state index contributed by atoms with van der Waals surface area (Å²) in [5, 5.41) is 3.01. The van der Waals surface area contributed by atoms with Crippen LogP contribution >= 0.6 is 0 Å². The minimum absolute atomic E-state index is 0.557. The molecule has 0 spiro atoms. The zero-order valence-electron chi connectivity index (χ0n) is 16.0. The first kappa shape index (κ1) is 24.7. The molecule has 0 heterocycles. The maximum Gasteiger partial charge on any atom is 0.0701 e. The van der Waals surface area contributed by atoms with Gasteiger partial charge in [-0.05, 0) is 14.0 Å². The minimum Gasteiger partial charge on any atom is -0.379 e. The number of ether oxygens (including phenoxy) is 7. The SMILES string of the molecule is CCOCCOCCOCCOCCOCCOCCOCCNC. The molecule has 0 aromatic heterocycles. The van der Waals surface area contributed by atoms with Crippen molar-refractivity contribution in [2.24, 2.45) is 0 Å². The molecule has 152 valence electrons.